The van der Waals surface area contributed by atoms with E-state index in [1.54, 1.807) is 12.1 Å². The van der Waals surface area contributed by atoms with Gasteiger partial charge in [0.25, 0.3) is 5.91 Å². The highest BCUT2D eigenvalue weighted by Gasteiger charge is 2.22. The Morgan fingerprint density at radius 2 is 2.23 bits per heavy atom. The fourth-order valence-corrected chi connectivity index (χ4v) is 3.55. The highest BCUT2D eigenvalue weighted by atomic mass is 79.9. The monoisotopic (exact) mass is 368 g/mol. The summed E-state index contributed by atoms with van der Waals surface area (Å²) < 4.78 is 0.557. The highest BCUT2D eigenvalue weighted by Crippen LogP contribution is 2.29. The second-order valence-electron chi connectivity index (χ2n) is 6.45. The number of halogens is 1. The molecule has 1 unspecified atom stereocenters. The van der Waals surface area contributed by atoms with E-state index in [0.717, 1.165) is 25.1 Å². The number of carbonyl (C=O) groups is 1. The predicted molar refractivity (Wildman–Crippen MR) is 92.3 cm³/mol. The first-order valence-electron chi connectivity index (χ1n) is 7.90. The second kappa shape index (κ2) is 7.47. The maximum absolute atomic E-state index is 12.3. The third kappa shape index (κ3) is 4.23. The Bertz CT molecular complexity index is 546. The van der Waals surface area contributed by atoms with Crippen LogP contribution in [0.25, 0.3) is 0 Å². The zero-order chi connectivity index (χ0) is 16.3. The van der Waals surface area contributed by atoms with E-state index in [-0.39, 0.29) is 11.7 Å². The van der Waals surface area contributed by atoms with Gasteiger partial charge >= 0.3 is 0 Å². The van der Waals surface area contributed by atoms with Crippen LogP contribution >= 0.6 is 15.9 Å². The Kier molecular flexibility index (Phi) is 5.87. The van der Waals surface area contributed by atoms with Crippen molar-refractivity contribution in [3.05, 3.63) is 27.7 Å². The number of phenolic OH excluding ortho intramolecular Hbond substituents is 1. The van der Waals surface area contributed by atoms with Crippen molar-refractivity contribution in [1.29, 1.82) is 0 Å². The Morgan fingerprint density at radius 1 is 1.50 bits per heavy atom. The fraction of sp³-hybridized carbons (Fsp3) is 0.588. The molecule has 1 aliphatic heterocycles. The van der Waals surface area contributed by atoms with E-state index in [2.05, 4.69) is 40.0 Å². The van der Waals surface area contributed by atoms with Crippen molar-refractivity contribution in [2.45, 2.75) is 39.7 Å². The number of aromatic hydroxyl groups is 1. The van der Waals surface area contributed by atoms with Crippen LogP contribution in [-0.2, 0) is 0 Å². The van der Waals surface area contributed by atoms with Crippen LogP contribution in [0, 0.1) is 12.8 Å². The highest BCUT2D eigenvalue weighted by molar-refractivity contribution is 9.10. The van der Waals surface area contributed by atoms with Gasteiger partial charge in [-0.05, 0) is 79.7 Å². The number of rotatable bonds is 4. The Hall–Kier alpha value is -1.07. The molecule has 22 heavy (non-hydrogen) atoms. The molecule has 1 aromatic rings. The summed E-state index contributed by atoms with van der Waals surface area (Å²) >= 11 is 3.28. The number of hydrogen-bond donors (Lipinski definition) is 2. The summed E-state index contributed by atoms with van der Waals surface area (Å²) in [6.45, 7) is 9.16. The molecule has 0 aromatic heterocycles. The molecule has 1 heterocycles. The SMILES string of the molecule is Cc1cc(Br)c(O)c(C(=O)NCC2CCCN(C(C)C)C2)c1. The van der Waals surface area contributed by atoms with Crippen LogP contribution in [0.3, 0.4) is 0 Å². The van der Waals surface area contributed by atoms with Crippen LogP contribution in [0.15, 0.2) is 16.6 Å². The molecular formula is C17H25BrN2O2. The van der Waals surface area contributed by atoms with Crippen LogP contribution in [0.2, 0.25) is 0 Å². The molecule has 1 aliphatic rings. The van der Waals surface area contributed by atoms with Gasteiger partial charge in [-0.3, -0.25) is 4.79 Å². The zero-order valence-electron chi connectivity index (χ0n) is 13.5. The Labute approximate surface area is 141 Å². The lowest BCUT2D eigenvalue weighted by Crippen LogP contribution is -2.43. The maximum Gasteiger partial charge on any atom is 0.255 e. The van der Waals surface area contributed by atoms with Gasteiger partial charge < -0.3 is 15.3 Å². The molecule has 0 bridgehead atoms. The molecular weight excluding hydrogens is 344 g/mol. The lowest BCUT2D eigenvalue weighted by atomic mass is 9.97. The van der Waals surface area contributed by atoms with E-state index in [1.807, 2.05) is 6.92 Å². The van der Waals surface area contributed by atoms with Crippen LogP contribution in [0.1, 0.15) is 42.6 Å². The number of likely N-dealkylation sites (tertiary alicyclic amines) is 1. The maximum atomic E-state index is 12.3. The second-order valence-corrected chi connectivity index (χ2v) is 7.30. The summed E-state index contributed by atoms with van der Waals surface area (Å²) in [5.74, 6) is 0.287. The summed E-state index contributed by atoms with van der Waals surface area (Å²) in [7, 11) is 0. The molecule has 4 nitrogen and oxygen atoms in total. The van der Waals surface area contributed by atoms with Crippen LogP contribution in [-0.4, -0.2) is 41.6 Å². The summed E-state index contributed by atoms with van der Waals surface area (Å²) in [4.78, 5) is 14.8. The molecule has 2 N–H and O–H groups in total. The molecule has 0 radical (unpaired) electrons. The molecule has 1 fully saturated rings. The fourth-order valence-electron chi connectivity index (χ4n) is 2.97. The Morgan fingerprint density at radius 3 is 2.91 bits per heavy atom. The molecule has 2 rings (SSSR count). The molecule has 1 atom stereocenters. The average molecular weight is 369 g/mol. The predicted octanol–water partition coefficient (Wildman–Crippen LogP) is 3.31. The number of carbonyl (C=O) groups excluding carboxylic acids is 1. The molecule has 0 saturated carbocycles. The van der Waals surface area contributed by atoms with Crippen molar-refractivity contribution in [2.75, 3.05) is 19.6 Å². The topological polar surface area (TPSA) is 52.6 Å². The average Bonchev–Trinajstić information content (AvgIpc) is 2.48. The number of piperidine rings is 1. The van der Waals surface area contributed by atoms with E-state index < -0.39 is 0 Å². The van der Waals surface area contributed by atoms with Gasteiger partial charge in [0, 0.05) is 19.1 Å². The van der Waals surface area contributed by atoms with Crippen molar-refractivity contribution in [2.24, 2.45) is 5.92 Å². The van der Waals surface area contributed by atoms with Crippen LogP contribution < -0.4 is 5.32 Å². The van der Waals surface area contributed by atoms with E-state index in [0.29, 0.717) is 28.5 Å². The summed E-state index contributed by atoms with van der Waals surface area (Å²) in [5, 5.41) is 13.0. The quantitative estimate of drug-likeness (QED) is 0.856. The molecule has 1 saturated heterocycles. The third-order valence-electron chi connectivity index (χ3n) is 4.28. The van der Waals surface area contributed by atoms with Crippen molar-refractivity contribution in [1.82, 2.24) is 10.2 Å². The molecule has 1 aromatic carbocycles. The van der Waals surface area contributed by atoms with E-state index in [9.17, 15) is 9.90 Å². The standard InChI is InChI=1S/C17H25BrN2O2/c1-11(2)20-6-4-5-13(10-20)9-19-17(22)14-7-12(3)8-15(18)16(14)21/h7-8,11,13,21H,4-6,9-10H2,1-3H3,(H,19,22). The van der Waals surface area contributed by atoms with Crippen molar-refractivity contribution < 1.29 is 9.90 Å². The number of phenols is 1. The van der Waals surface area contributed by atoms with Gasteiger partial charge in [0.15, 0.2) is 0 Å². The van der Waals surface area contributed by atoms with Gasteiger partial charge in [-0.1, -0.05) is 0 Å². The molecule has 122 valence electrons. The van der Waals surface area contributed by atoms with Gasteiger partial charge in [0.1, 0.15) is 5.75 Å². The van der Waals surface area contributed by atoms with Gasteiger partial charge in [0.2, 0.25) is 0 Å². The van der Waals surface area contributed by atoms with E-state index in [1.165, 1.54) is 6.42 Å². The third-order valence-corrected chi connectivity index (χ3v) is 4.89. The number of hydrogen-bond acceptors (Lipinski definition) is 3. The smallest absolute Gasteiger partial charge is 0.255 e. The lowest BCUT2D eigenvalue weighted by molar-refractivity contribution is 0.0920. The summed E-state index contributed by atoms with van der Waals surface area (Å²) in [6.07, 6.45) is 2.33. The first kappa shape index (κ1) is 17.3. The normalized spacial score (nSPS) is 19.4. The van der Waals surface area contributed by atoms with Crippen molar-refractivity contribution in [3.63, 3.8) is 0 Å². The number of aryl methyl sites for hydroxylation is 1. The minimum Gasteiger partial charge on any atom is -0.506 e. The molecule has 0 spiro atoms. The van der Waals surface area contributed by atoms with Gasteiger partial charge in [-0.15, -0.1) is 0 Å². The number of benzene rings is 1. The minimum absolute atomic E-state index is 0.00977. The van der Waals surface area contributed by atoms with Crippen LogP contribution in [0.5, 0.6) is 5.75 Å². The van der Waals surface area contributed by atoms with Crippen molar-refractivity contribution >= 4 is 21.8 Å². The van der Waals surface area contributed by atoms with Crippen molar-refractivity contribution in [3.8, 4) is 5.75 Å². The molecule has 1 amide bonds. The van der Waals surface area contributed by atoms with E-state index in [4.69, 9.17) is 0 Å². The largest absolute Gasteiger partial charge is 0.506 e. The minimum atomic E-state index is -0.205. The summed E-state index contributed by atoms with van der Waals surface area (Å²) in [6, 6.07) is 4.07. The lowest BCUT2D eigenvalue weighted by Gasteiger charge is -2.35. The molecule has 0 aliphatic carbocycles. The number of nitrogens with zero attached hydrogens (tertiary/aromatic N) is 1. The van der Waals surface area contributed by atoms with Crippen LogP contribution in [0.4, 0.5) is 0 Å². The first-order chi connectivity index (χ1) is 10.4. The number of amides is 1. The van der Waals surface area contributed by atoms with E-state index >= 15 is 0 Å². The number of nitrogens with one attached hydrogen (secondary N) is 1. The summed E-state index contributed by atoms with van der Waals surface area (Å²) in [5.41, 5.74) is 1.28. The van der Waals surface area contributed by atoms with Gasteiger partial charge in [-0.2, -0.15) is 0 Å². The van der Waals surface area contributed by atoms with Gasteiger partial charge in [-0.25, -0.2) is 0 Å². The Balaban J connectivity index is 1.96. The zero-order valence-corrected chi connectivity index (χ0v) is 15.1. The van der Waals surface area contributed by atoms with Gasteiger partial charge in [0.05, 0.1) is 10.0 Å². The molecule has 5 heteroatoms. The first-order valence-corrected chi connectivity index (χ1v) is 8.69.